The van der Waals surface area contributed by atoms with Gasteiger partial charge in [0, 0.05) is 96.5 Å². The van der Waals surface area contributed by atoms with Gasteiger partial charge in [0.15, 0.2) is 11.9 Å². The standard InChI is InChI=1S/C67H95N21O11/c1-5-35(3)55(88-65(99)56(36(4)6-2)87-61(95)49(24-26-54(70)90)81-58(92)43(68)18-13-27-76-66(72)73)64(98)83-47(22-14-28-77-67(74)75)59(93)85-52(31-39-34-80-46-21-12-9-17-42(39)46)63(97)86-51(30-38-33-79-45-20-11-8-16-41(38)45)62(96)82-48(23-25-53(69)89)60(94)84-50(57(71)91)29-37-32-78-44-19-10-7-15-40(37)44/h7-12,15-17,19-21,32-36,43,47-52,55-56,78-80H,5-6,13-14,18,22-31,68H2,1-4H3,(H2,69,89)(H2,70,90)(H2,71,91)(H,81,92)(H,82,96)(H,83,98)(H,84,94)(H,85,93)(H,86,97)(H,87,95)(H,88,99)(H4,72,73,76)(H4,74,75,77)/t35-,36-,43-,47-,48-,49-,50-,51-,52-,55-,56-/m0/s1. The number of H-pyrrole nitrogens is 3. The molecule has 3 aromatic carbocycles. The minimum absolute atomic E-state index is 0.00827. The second-order valence-corrected chi connectivity index (χ2v) is 24.7. The van der Waals surface area contributed by atoms with Crippen molar-refractivity contribution in [3.8, 4) is 0 Å². The van der Waals surface area contributed by atoms with Gasteiger partial charge < -0.3 is 103 Å². The Labute approximate surface area is 572 Å². The van der Waals surface area contributed by atoms with Gasteiger partial charge >= 0.3 is 0 Å². The molecule has 0 aliphatic heterocycles. The van der Waals surface area contributed by atoms with Crippen LogP contribution in [-0.2, 0) is 72.0 Å². The Hall–Kier alpha value is -11.1. The summed E-state index contributed by atoms with van der Waals surface area (Å²) in [5, 5.41) is 24.0. The number of fused-ring (bicyclic) bond motifs is 3. The number of hydrogen-bond acceptors (Lipinski definition) is 14. The molecule has 0 aliphatic carbocycles. The van der Waals surface area contributed by atoms with Crippen molar-refractivity contribution in [2.75, 3.05) is 13.1 Å². The van der Waals surface area contributed by atoms with Crippen LogP contribution in [0.1, 0.15) is 109 Å². The van der Waals surface area contributed by atoms with Crippen LogP contribution >= 0.6 is 0 Å². The summed E-state index contributed by atoms with van der Waals surface area (Å²) in [5.74, 6) is -10.9. The molecule has 6 rings (SSSR count). The van der Waals surface area contributed by atoms with Gasteiger partial charge in [0.2, 0.25) is 65.0 Å². The lowest BCUT2D eigenvalue weighted by atomic mass is 9.94. The molecular formula is C67H95N21O11. The third-order valence-corrected chi connectivity index (χ3v) is 17.3. The number of nitrogens with zero attached hydrogens (tertiary/aromatic N) is 2. The average molecular weight is 1370 g/mol. The predicted molar refractivity (Wildman–Crippen MR) is 374 cm³/mol. The van der Waals surface area contributed by atoms with Crippen LogP contribution < -0.4 is 88.4 Å². The molecule has 6 aromatic rings. The number of rotatable bonds is 41. The van der Waals surface area contributed by atoms with Crippen LogP contribution in [0.5, 0.6) is 0 Å². The molecule has 0 saturated heterocycles. The molecule has 0 spiro atoms. The summed E-state index contributed by atoms with van der Waals surface area (Å²) in [7, 11) is 0. The van der Waals surface area contributed by atoms with Crippen molar-refractivity contribution in [2.24, 2.45) is 67.7 Å². The normalized spacial score (nSPS) is 14.6. The van der Waals surface area contributed by atoms with E-state index in [4.69, 9.17) is 45.9 Å². The first-order valence-electron chi connectivity index (χ1n) is 33.0. The fourth-order valence-electron chi connectivity index (χ4n) is 11.3. The second kappa shape index (κ2) is 37.5. The smallest absolute Gasteiger partial charge is 0.243 e. The maximum atomic E-state index is 15.4. The van der Waals surface area contributed by atoms with Gasteiger partial charge in [-0.15, -0.1) is 0 Å². The summed E-state index contributed by atoms with van der Waals surface area (Å²) in [4.78, 5) is 172. The molecular weight excluding hydrogens is 1270 g/mol. The Bertz CT molecular complexity index is 3870. The Morgan fingerprint density at radius 3 is 1.10 bits per heavy atom. The highest BCUT2D eigenvalue weighted by atomic mass is 16.2. The van der Waals surface area contributed by atoms with Gasteiger partial charge in [0.1, 0.15) is 48.3 Å². The summed E-state index contributed by atoms with van der Waals surface area (Å²) in [6.07, 6.45) is 4.26. The van der Waals surface area contributed by atoms with Gasteiger partial charge in [-0.1, -0.05) is 95.1 Å². The van der Waals surface area contributed by atoms with E-state index in [0.717, 1.165) is 10.9 Å². The summed E-state index contributed by atoms with van der Waals surface area (Å²) in [5.41, 5.74) is 49.1. The maximum Gasteiger partial charge on any atom is 0.243 e. The van der Waals surface area contributed by atoms with Crippen molar-refractivity contribution in [3.05, 3.63) is 108 Å². The SMILES string of the molecule is CC[C@H](C)[C@H](NC(=O)[C@H](CCC(N)=O)NC(=O)[C@@H](N)CCCN=C(N)N)C(=O)N[C@H](C(=O)N[C@@H](CCCN=C(N)N)C(=O)N[C@@H](Cc1c[nH]c2ccccc12)C(=O)N[C@@H](Cc1c[nH]c2ccccc12)C(=O)N[C@@H](CCC(N)=O)C(=O)N[C@@H](Cc1c[nH]c2ccccc12)C(N)=O)[C@@H](C)CC. The number of guanidine groups is 2. The largest absolute Gasteiger partial charge is 0.370 e. The van der Waals surface area contributed by atoms with E-state index in [-0.39, 0.29) is 82.8 Å². The van der Waals surface area contributed by atoms with E-state index < -0.39 is 138 Å². The fourth-order valence-corrected chi connectivity index (χ4v) is 11.3. The number of aromatic amines is 3. The van der Waals surface area contributed by atoms with E-state index >= 15 is 14.4 Å². The Morgan fingerprint density at radius 1 is 0.394 bits per heavy atom. The number of benzene rings is 3. The average Bonchev–Trinajstić information content (AvgIpc) is 1.71. The maximum absolute atomic E-state index is 15.4. The van der Waals surface area contributed by atoms with E-state index in [1.54, 1.807) is 82.7 Å². The molecule has 0 radical (unpaired) electrons. The molecule has 3 heterocycles. The van der Waals surface area contributed by atoms with Crippen LogP contribution in [0.4, 0.5) is 0 Å². The number of hydrogen-bond donors (Lipinski definition) is 19. The van der Waals surface area contributed by atoms with Crippen molar-refractivity contribution in [2.45, 2.75) is 166 Å². The van der Waals surface area contributed by atoms with E-state index in [0.29, 0.717) is 57.8 Å². The summed E-state index contributed by atoms with van der Waals surface area (Å²) in [6, 6.07) is 9.13. The van der Waals surface area contributed by atoms with Crippen molar-refractivity contribution in [1.29, 1.82) is 0 Å². The van der Waals surface area contributed by atoms with Gasteiger partial charge in [-0.05, 0) is 85.3 Å². The lowest BCUT2D eigenvalue weighted by Gasteiger charge is -2.31. The molecule has 11 atom stereocenters. The predicted octanol–water partition coefficient (Wildman–Crippen LogP) is -1.42. The lowest BCUT2D eigenvalue weighted by molar-refractivity contribution is -0.137. The molecule has 534 valence electrons. The lowest BCUT2D eigenvalue weighted by Crippen LogP contribution is -2.62. The number of carbonyl (C=O) groups excluding carboxylic acids is 11. The molecule has 99 heavy (non-hydrogen) atoms. The van der Waals surface area contributed by atoms with Crippen LogP contribution in [0.15, 0.2) is 101 Å². The number of para-hydroxylation sites is 3. The summed E-state index contributed by atoms with van der Waals surface area (Å²) >= 11 is 0. The third kappa shape index (κ3) is 23.1. The Morgan fingerprint density at radius 2 is 0.707 bits per heavy atom. The van der Waals surface area contributed by atoms with Crippen LogP contribution in [-0.4, -0.2) is 159 Å². The second-order valence-electron chi connectivity index (χ2n) is 24.7. The van der Waals surface area contributed by atoms with E-state index in [1.165, 1.54) is 0 Å². The van der Waals surface area contributed by atoms with Crippen molar-refractivity contribution in [3.63, 3.8) is 0 Å². The highest BCUT2D eigenvalue weighted by Crippen LogP contribution is 2.24. The van der Waals surface area contributed by atoms with Crippen LogP contribution in [0, 0.1) is 11.8 Å². The van der Waals surface area contributed by atoms with Crippen molar-refractivity contribution >= 4 is 110 Å². The van der Waals surface area contributed by atoms with E-state index in [1.807, 2.05) is 36.4 Å². The van der Waals surface area contributed by atoms with Gasteiger partial charge in [-0.25, -0.2) is 0 Å². The van der Waals surface area contributed by atoms with Crippen LogP contribution in [0.2, 0.25) is 0 Å². The minimum atomic E-state index is -1.53. The van der Waals surface area contributed by atoms with Crippen molar-refractivity contribution in [1.82, 2.24) is 57.5 Å². The number of primary amides is 3. The fraction of sp³-hybridized carbons (Fsp3) is 0.448. The molecule has 0 unspecified atom stereocenters. The number of aliphatic imine (C=N–C) groups is 2. The molecule has 11 amide bonds. The zero-order valence-corrected chi connectivity index (χ0v) is 56.1. The third-order valence-electron chi connectivity index (χ3n) is 17.3. The topological polar surface area (TPSA) is 564 Å². The Balaban J connectivity index is 1.31. The number of aromatic nitrogens is 3. The molecule has 32 nitrogen and oxygen atoms in total. The monoisotopic (exact) mass is 1370 g/mol. The number of carbonyl (C=O) groups is 11. The number of nitrogens with two attached hydrogens (primary N) is 8. The molecule has 0 saturated carbocycles. The quantitative estimate of drug-likeness (QED) is 0.0119. The first kappa shape index (κ1) is 77.0. The van der Waals surface area contributed by atoms with E-state index in [2.05, 4.69) is 67.5 Å². The molecule has 0 bridgehead atoms. The van der Waals surface area contributed by atoms with Crippen LogP contribution in [0.25, 0.3) is 32.7 Å². The summed E-state index contributed by atoms with van der Waals surface area (Å²) < 4.78 is 0. The summed E-state index contributed by atoms with van der Waals surface area (Å²) in [6.45, 7) is 7.08. The first-order valence-corrected chi connectivity index (χ1v) is 33.0. The minimum Gasteiger partial charge on any atom is -0.370 e. The van der Waals surface area contributed by atoms with Gasteiger partial charge in [-0.2, -0.15) is 0 Å². The van der Waals surface area contributed by atoms with Crippen LogP contribution in [0.3, 0.4) is 0 Å². The highest BCUT2D eigenvalue weighted by Gasteiger charge is 2.38. The van der Waals surface area contributed by atoms with Gasteiger partial charge in [-0.3, -0.25) is 62.7 Å². The molecule has 0 fully saturated rings. The number of amides is 11. The zero-order chi connectivity index (χ0) is 72.5. The van der Waals surface area contributed by atoms with Gasteiger partial charge in [0.25, 0.3) is 0 Å². The van der Waals surface area contributed by atoms with Gasteiger partial charge in [0.05, 0.1) is 6.04 Å². The van der Waals surface area contributed by atoms with E-state index in [9.17, 15) is 38.4 Å². The first-order chi connectivity index (χ1) is 47.2. The Kier molecular flexibility index (Phi) is 29.1. The zero-order valence-electron chi connectivity index (χ0n) is 56.1. The number of nitrogens with one attached hydrogen (secondary N) is 11. The van der Waals surface area contributed by atoms with Crippen molar-refractivity contribution < 1.29 is 52.7 Å². The molecule has 0 aliphatic rings. The highest BCUT2D eigenvalue weighted by molar-refractivity contribution is 6.00. The molecule has 3 aromatic heterocycles. The molecule has 32 heteroatoms. The molecule has 27 N–H and O–H groups in total.